The summed E-state index contributed by atoms with van der Waals surface area (Å²) in [5.74, 6) is 0. The molecule has 7 nitrogen and oxygen atoms in total. The lowest BCUT2D eigenvalue weighted by atomic mass is 10.0. The number of carbonyl (C=O) groups is 1. The number of nitrogens with one attached hydrogen (secondary N) is 1. The molecule has 0 radical (unpaired) electrons. The van der Waals surface area contributed by atoms with E-state index in [2.05, 4.69) is 4.72 Å². The topological polar surface area (TPSA) is 95.9 Å². The molecule has 0 saturated carbocycles. The lowest BCUT2D eigenvalue weighted by Crippen LogP contribution is -2.55. The van der Waals surface area contributed by atoms with Crippen LogP contribution >= 0.6 is 0 Å². The first kappa shape index (κ1) is 16.2. The quantitative estimate of drug-likeness (QED) is 0.742. The Hall–Kier alpha value is -0.860. The maximum absolute atomic E-state index is 11.8. The summed E-state index contributed by atoms with van der Waals surface area (Å²) in [5, 5.41) is 9.87. The fourth-order valence-corrected chi connectivity index (χ4v) is 2.66. The Morgan fingerprint density at radius 3 is 2.42 bits per heavy atom. The normalized spacial score (nSPS) is 25.2. The van der Waals surface area contributed by atoms with Gasteiger partial charge in [0, 0.05) is 6.54 Å². The number of aliphatic hydroxyl groups excluding tert-OH is 1. The van der Waals surface area contributed by atoms with E-state index in [1.165, 1.54) is 4.90 Å². The first-order valence-electron chi connectivity index (χ1n) is 6.11. The van der Waals surface area contributed by atoms with Crippen LogP contribution in [-0.2, 0) is 14.8 Å². The molecule has 0 aromatic carbocycles. The Bertz CT molecular complexity index is 429. The number of carbonyl (C=O) groups excluding carboxylic acids is 1. The van der Waals surface area contributed by atoms with Crippen LogP contribution in [0.2, 0.25) is 0 Å². The molecule has 0 aromatic rings. The molecule has 1 heterocycles. The number of piperidine rings is 1. The van der Waals surface area contributed by atoms with Gasteiger partial charge in [-0.05, 0) is 27.2 Å². The molecule has 0 aliphatic carbocycles. The van der Waals surface area contributed by atoms with E-state index >= 15 is 0 Å². The highest BCUT2D eigenvalue weighted by Crippen LogP contribution is 2.16. The van der Waals surface area contributed by atoms with Crippen LogP contribution in [0.25, 0.3) is 0 Å². The Balaban J connectivity index is 2.56. The van der Waals surface area contributed by atoms with Gasteiger partial charge in [-0.2, -0.15) is 0 Å². The molecule has 1 aliphatic rings. The summed E-state index contributed by atoms with van der Waals surface area (Å²) in [6.07, 6.45) is -0.0340. The van der Waals surface area contributed by atoms with Gasteiger partial charge in [0.2, 0.25) is 10.0 Å². The predicted octanol–water partition coefficient (Wildman–Crippen LogP) is -0.0941. The van der Waals surface area contributed by atoms with E-state index < -0.39 is 33.9 Å². The van der Waals surface area contributed by atoms with E-state index in [0.717, 1.165) is 6.26 Å². The minimum Gasteiger partial charge on any atom is -0.444 e. The highest BCUT2D eigenvalue weighted by molar-refractivity contribution is 7.88. The maximum atomic E-state index is 11.8. The third-order valence-electron chi connectivity index (χ3n) is 2.60. The van der Waals surface area contributed by atoms with Gasteiger partial charge in [0.05, 0.1) is 24.9 Å². The van der Waals surface area contributed by atoms with Gasteiger partial charge in [-0.1, -0.05) is 0 Å². The van der Waals surface area contributed by atoms with Gasteiger partial charge in [0.25, 0.3) is 0 Å². The van der Waals surface area contributed by atoms with E-state index in [0.29, 0.717) is 13.0 Å². The van der Waals surface area contributed by atoms with Crippen LogP contribution < -0.4 is 4.72 Å². The Morgan fingerprint density at radius 1 is 1.42 bits per heavy atom. The molecule has 2 atom stereocenters. The number of hydrogen-bond donors (Lipinski definition) is 2. The van der Waals surface area contributed by atoms with Gasteiger partial charge in [0.1, 0.15) is 5.60 Å². The molecule has 2 unspecified atom stereocenters. The summed E-state index contributed by atoms with van der Waals surface area (Å²) in [5.41, 5.74) is -0.593. The van der Waals surface area contributed by atoms with Gasteiger partial charge in [-0.15, -0.1) is 0 Å². The van der Waals surface area contributed by atoms with E-state index in [4.69, 9.17) is 4.74 Å². The standard InChI is InChI=1S/C11H22N2O5S/c1-11(2,3)18-10(15)13-6-5-8(9(14)7-13)12-19(4,16)17/h8-9,12,14H,5-7H2,1-4H3. The molecule has 0 aromatic heterocycles. The molecule has 1 amide bonds. The molecular formula is C11H22N2O5S. The number of β-amino-alcohol motifs (C(OH)–C–C–N with tert-alkyl or cyclic N) is 1. The molecule has 1 fully saturated rings. The molecule has 8 heteroatoms. The van der Waals surface area contributed by atoms with Crippen LogP contribution in [0, 0.1) is 0 Å². The van der Waals surface area contributed by atoms with E-state index in [1.807, 2.05) is 0 Å². The van der Waals surface area contributed by atoms with Crippen LogP contribution in [0.3, 0.4) is 0 Å². The summed E-state index contributed by atoms with van der Waals surface area (Å²) in [6, 6.07) is -0.561. The van der Waals surface area contributed by atoms with Crippen molar-refractivity contribution in [3.8, 4) is 0 Å². The van der Waals surface area contributed by atoms with Crippen LogP contribution in [0.5, 0.6) is 0 Å². The minimum atomic E-state index is -3.37. The largest absolute Gasteiger partial charge is 0.444 e. The van der Waals surface area contributed by atoms with Crippen molar-refractivity contribution in [1.29, 1.82) is 0 Å². The Kier molecular flexibility index (Phi) is 4.81. The maximum Gasteiger partial charge on any atom is 0.410 e. The van der Waals surface area contributed by atoms with Crippen molar-refractivity contribution >= 4 is 16.1 Å². The highest BCUT2D eigenvalue weighted by Gasteiger charge is 2.33. The third-order valence-corrected chi connectivity index (χ3v) is 3.33. The lowest BCUT2D eigenvalue weighted by Gasteiger charge is -2.36. The van der Waals surface area contributed by atoms with Gasteiger partial charge in [0.15, 0.2) is 0 Å². The minimum absolute atomic E-state index is 0.0576. The number of amides is 1. The average molecular weight is 294 g/mol. The molecule has 0 bridgehead atoms. The van der Waals surface area contributed by atoms with Gasteiger partial charge >= 0.3 is 6.09 Å². The number of likely N-dealkylation sites (tertiary alicyclic amines) is 1. The van der Waals surface area contributed by atoms with Crippen LogP contribution in [0.4, 0.5) is 4.79 Å². The number of ether oxygens (including phenoxy) is 1. The van der Waals surface area contributed by atoms with Crippen molar-refractivity contribution in [3.63, 3.8) is 0 Å². The SMILES string of the molecule is CC(C)(C)OC(=O)N1CCC(NS(C)(=O)=O)C(O)C1. The Labute approximate surface area is 114 Å². The smallest absolute Gasteiger partial charge is 0.410 e. The van der Waals surface area contributed by atoms with Crippen molar-refractivity contribution < 1.29 is 23.1 Å². The first-order chi connectivity index (χ1) is 8.48. The molecular weight excluding hydrogens is 272 g/mol. The van der Waals surface area contributed by atoms with Crippen LogP contribution in [0.1, 0.15) is 27.2 Å². The zero-order valence-electron chi connectivity index (χ0n) is 11.7. The number of nitrogens with zero attached hydrogens (tertiary/aromatic N) is 1. The van der Waals surface area contributed by atoms with Gasteiger partial charge in [-0.25, -0.2) is 17.9 Å². The van der Waals surface area contributed by atoms with Crippen molar-refractivity contribution in [2.45, 2.75) is 44.9 Å². The second-order valence-electron chi connectivity index (χ2n) is 5.78. The number of aliphatic hydroxyl groups is 1. The lowest BCUT2D eigenvalue weighted by molar-refractivity contribution is -0.00218. The second-order valence-corrected chi connectivity index (χ2v) is 7.56. The fraction of sp³-hybridized carbons (Fsp3) is 0.909. The molecule has 0 spiro atoms. The monoisotopic (exact) mass is 294 g/mol. The van der Waals surface area contributed by atoms with Crippen LogP contribution in [0.15, 0.2) is 0 Å². The molecule has 2 N–H and O–H groups in total. The molecule has 1 aliphatic heterocycles. The number of rotatable bonds is 2. The summed E-state index contributed by atoms with van der Waals surface area (Å²) in [6.45, 7) is 5.69. The fourth-order valence-electron chi connectivity index (χ4n) is 1.84. The van der Waals surface area contributed by atoms with Crippen molar-refractivity contribution in [2.75, 3.05) is 19.3 Å². The Morgan fingerprint density at radius 2 is 2.00 bits per heavy atom. The molecule has 19 heavy (non-hydrogen) atoms. The zero-order chi connectivity index (χ0) is 14.8. The van der Waals surface area contributed by atoms with Crippen molar-refractivity contribution in [3.05, 3.63) is 0 Å². The summed E-state index contributed by atoms with van der Waals surface area (Å²) >= 11 is 0. The van der Waals surface area contributed by atoms with E-state index in [-0.39, 0.29) is 6.54 Å². The predicted molar refractivity (Wildman–Crippen MR) is 70.2 cm³/mol. The van der Waals surface area contributed by atoms with Crippen molar-refractivity contribution in [1.82, 2.24) is 9.62 Å². The molecule has 112 valence electrons. The van der Waals surface area contributed by atoms with Gasteiger partial charge < -0.3 is 14.7 Å². The average Bonchev–Trinajstić information content (AvgIpc) is 2.16. The molecule has 1 rings (SSSR count). The third kappa shape index (κ3) is 5.75. The summed E-state index contributed by atoms with van der Waals surface area (Å²) in [4.78, 5) is 13.2. The number of hydrogen-bond acceptors (Lipinski definition) is 5. The first-order valence-corrected chi connectivity index (χ1v) is 8.00. The van der Waals surface area contributed by atoms with Gasteiger partial charge in [-0.3, -0.25) is 0 Å². The molecule has 1 saturated heterocycles. The zero-order valence-corrected chi connectivity index (χ0v) is 12.5. The summed E-state index contributed by atoms with van der Waals surface area (Å²) in [7, 11) is -3.37. The van der Waals surface area contributed by atoms with E-state index in [1.54, 1.807) is 20.8 Å². The van der Waals surface area contributed by atoms with E-state index in [9.17, 15) is 18.3 Å². The highest BCUT2D eigenvalue weighted by atomic mass is 32.2. The second kappa shape index (κ2) is 5.64. The number of sulfonamides is 1. The summed E-state index contributed by atoms with van der Waals surface area (Å²) < 4.78 is 29.8. The van der Waals surface area contributed by atoms with Crippen LogP contribution in [-0.4, -0.2) is 61.6 Å². The van der Waals surface area contributed by atoms with Crippen molar-refractivity contribution in [2.24, 2.45) is 0 Å².